The number of oxazole rings is 1. The lowest BCUT2D eigenvalue weighted by atomic mass is 10.1. The third kappa shape index (κ3) is 3.12. The summed E-state index contributed by atoms with van der Waals surface area (Å²) in [7, 11) is 0. The van der Waals surface area contributed by atoms with E-state index in [1.54, 1.807) is 6.26 Å². The molecule has 0 unspecified atom stereocenters. The molecule has 0 amide bonds. The molecule has 2 aromatic rings. The first-order valence-electron chi connectivity index (χ1n) is 6.12. The number of benzene rings is 1. The van der Waals surface area contributed by atoms with Crippen LogP contribution in [-0.2, 0) is 6.54 Å². The van der Waals surface area contributed by atoms with E-state index < -0.39 is 0 Å². The van der Waals surface area contributed by atoms with Crippen LogP contribution in [0.1, 0.15) is 24.6 Å². The van der Waals surface area contributed by atoms with Crippen molar-refractivity contribution in [1.29, 1.82) is 0 Å². The molecular formula is C14H17ClN2O. The minimum absolute atomic E-state index is 0.628. The van der Waals surface area contributed by atoms with Crippen LogP contribution in [0.15, 0.2) is 28.9 Å². The maximum atomic E-state index is 5.99. The molecule has 0 spiro atoms. The molecule has 0 saturated heterocycles. The van der Waals surface area contributed by atoms with Crippen molar-refractivity contribution in [3.63, 3.8) is 0 Å². The molecule has 18 heavy (non-hydrogen) atoms. The normalized spacial score (nSPS) is 10.8. The molecule has 1 aromatic heterocycles. The molecule has 0 atom stereocenters. The van der Waals surface area contributed by atoms with E-state index >= 15 is 0 Å². The van der Waals surface area contributed by atoms with Crippen molar-refractivity contribution < 1.29 is 4.42 Å². The van der Waals surface area contributed by atoms with E-state index in [9.17, 15) is 0 Å². The molecule has 0 aliphatic carbocycles. The summed E-state index contributed by atoms with van der Waals surface area (Å²) in [5.74, 6) is 0.628. The second kappa shape index (κ2) is 6.03. The van der Waals surface area contributed by atoms with Crippen LogP contribution in [0.25, 0.3) is 11.5 Å². The SMILES string of the molecule is CCCNCc1coc(-c2cc(Cl)ccc2C)n1. The predicted molar refractivity (Wildman–Crippen MR) is 73.7 cm³/mol. The third-order valence-electron chi connectivity index (χ3n) is 2.71. The molecule has 0 aliphatic heterocycles. The van der Waals surface area contributed by atoms with Crippen LogP contribution in [0.4, 0.5) is 0 Å². The van der Waals surface area contributed by atoms with Crippen LogP contribution in [0.2, 0.25) is 5.02 Å². The molecule has 2 rings (SSSR count). The van der Waals surface area contributed by atoms with Crippen molar-refractivity contribution in [2.75, 3.05) is 6.54 Å². The minimum Gasteiger partial charge on any atom is -0.444 e. The Kier molecular flexibility index (Phi) is 4.39. The summed E-state index contributed by atoms with van der Waals surface area (Å²) in [6.07, 6.45) is 2.80. The maximum Gasteiger partial charge on any atom is 0.226 e. The van der Waals surface area contributed by atoms with Crippen LogP contribution < -0.4 is 5.32 Å². The average molecular weight is 265 g/mol. The lowest BCUT2D eigenvalue weighted by molar-refractivity contribution is 0.569. The highest BCUT2D eigenvalue weighted by Gasteiger charge is 2.09. The van der Waals surface area contributed by atoms with Gasteiger partial charge in [0.05, 0.1) is 5.69 Å². The number of hydrogen-bond donors (Lipinski definition) is 1. The highest BCUT2D eigenvalue weighted by atomic mass is 35.5. The fourth-order valence-corrected chi connectivity index (χ4v) is 1.90. The van der Waals surface area contributed by atoms with Crippen molar-refractivity contribution in [3.05, 3.63) is 40.7 Å². The monoisotopic (exact) mass is 264 g/mol. The first-order valence-corrected chi connectivity index (χ1v) is 6.50. The van der Waals surface area contributed by atoms with E-state index in [1.165, 1.54) is 0 Å². The lowest BCUT2D eigenvalue weighted by Crippen LogP contribution is -2.13. The second-order valence-electron chi connectivity index (χ2n) is 4.28. The Bertz CT molecular complexity index is 522. The zero-order valence-corrected chi connectivity index (χ0v) is 11.4. The Morgan fingerprint density at radius 1 is 1.39 bits per heavy atom. The third-order valence-corrected chi connectivity index (χ3v) is 2.95. The summed E-state index contributed by atoms with van der Waals surface area (Å²) in [5, 5.41) is 3.99. The van der Waals surface area contributed by atoms with Crippen LogP contribution in [0.3, 0.4) is 0 Å². The predicted octanol–water partition coefficient (Wildman–Crippen LogP) is 3.80. The van der Waals surface area contributed by atoms with Gasteiger partial charge in [0, 0.05) is 17.1 Å². The topological polar surface area (TPSA) is 38.1 Å². The van der Waals surface area contributed by atoms with Crippen LogP contribution >= 0.6 is 11.6 Å². The number of nitrogens with one attached hydrogen (secondary N) is 1. The van der Waals surface area contributed by atoms with Gasteiger partial charge in [0.1, 0.15) is 6.26 Å². The quantitative estimate of drug-likeness (QED) is 0.835. The van der Waals surface area contributed by atoms with E-state index in [0.29, 0.717) is 10.9 Å². The minimum atomic E-state index is 0.628. The number of nitrogens with zero attached hydrogens (tertiary/aromatic N) is 1. The van der Waals surface area contributed by atoms with Gasteiger partial charge in [-0.1, -0.05) is 24.6 Å². The Labute approximate surface area is 112 Å². The van der Waals surface area contributed by atoms with Crippen molar-refractivity contribution in [2.24, 2.45) is 0 Å². The molecule has 3 nitrogen and oxygen atoms in total. The average Bonchev–Trinajstić information content (AvgIpc) is 2.81. The van der Waals surface area contributed by atoms with Crippen molar-refractivity contribution >= 4 is 11.6 Å². The Morgan fingerprint density at radius 3 is 3.00 bits per heavy atom. The number of aryl methyl sites for hydroxylation is 1. The molecule has 0 radical (unpaired) electrons. The van der Waals surface area contributed by atoms with E-state index in [2.05, 4.69) is 17.2 Å². The fourth-order valence-electron chi connectivity index (χ4n) is 1.73. The second-order valence-corrected chi connectivity index (χ2v) is 4.72. The molecule has 0 bridgehead atoms. The van der Waals surface area contributed by atoms with E-state index in [0.717, 1.165) is 36.3 Å². The van der Waals surface area contributed by atoms with Crippen molar-refractivity contribution in [3.8, 4) is 11.5 Å². The van der Waals surface area contributed by atoms with E-state index in [-0.39, 0.29) is 0 Å². The maximum absolute atomic E-state index is 5.99. The van der Waals surface area contributed by atoms with Crippen LogP contribution in [0, 0.1) is 6.92 Å². The molecule has 0 saturated carbocycles. The van der Waals surface area contributed by atoms with Gasteiger partial charge in [-0.05, 0) is 37.6 Å². The fraction of sp³-hybridized carbons (Fsp3) is 0.357. The highest BCUT2D eigenvalue weighted by Crippen LogP contribution is 2.25. The Balaban J connectivity index is 2.16. The largest absolute Gasteiger partial charge is 0.444 e. The molecule has 1 aromatic carbocycles. The Morgan fingerprint density at radius 2 is 2.22 bits per heavy atom. The summed E-state index contributed by atoms with van der Waals surface area (Å²) in [6.45, 7) is 5.87. The zero-order valence-electron chi connectivity index (χ0n) is 10.7. The molecule has 4 heteroatoms. The summed E-state index contributed by atoms with van der Waals surface area (Å²) < 4.78 is 5.51. The van der Waals surface area contributed by atoms with Gasteiger partial charge < -0.3 is 9.73 Å². The van der Waals surface area contributed by atoms with Crippen LogP contribution in [0.5, 0.6) is 0 Å². The van der Waals surface area contributed by atoms with E-state index in [1.807, 2.05) is 25.1 Å². The number of halogens is 1. The van der Waals surface area contributed by atoms with Gasteiger partial charge in [-0.3, -0.25) is 0 Å². The van der Waals surface area contributed by atoms with Crippen molar-refractivity contribution in [1.82, 2.24) is 10.3 Å². The van der Waals surface area contributed by atoms with Gasteiger partial charge in [-0.2, -0.15) is 0 Å². The standard InChI is InChI=1S/C14H17ClN2O/c1-3-6-16-8-12-9-18-14(17-12)13-7-11(15)5-4-10(13)2/h4-5,7,9,16H,3,6,8H2,1-2H3. The summed E-state index contributed by atoms with van der Waals surface area (Å²) in [4.78, 5) is 4.47. The van der Waals surface area contributed by atoms with Crippen LogP contribution in [-0.4, -0.2) is 11.5 Å². The first kappa shape index (κ1) is 13.1. The van der Waals surface area contributed by atoms with Gasteiger partial charge in [0.2, 0.25) is 5.89 Å². The van der Waals surface area contributed by atoms with Crippen molar-refractivity contribution in [2.45, 2.75) is 26.8 Å². The zero-order chi connectivity index (χ0) is 13.0. The van der Waals surface area contributed by atoms with Gasteiger partial charge in [0.25, 0.3) is 0 Å². The molecule has 1 heterocycles. The van der Waals surface area contributed by atoms with Gasteiger partial charge in [-0.15, -0.1) is 0 Å². The summed E-state index contributed by atoms with van der Waals surface area (Å²) >= 11 is 5.99. The molecular weight excluding hydrogens is 248 g/mol. The summed E-state index contributed by atoms with van der Waals surface area (Å²) in [5.41, 5.74) is 2.97. The number of hydrogen-bond acceptors (Lipinski definition) is 3. The van der Waals surface area contributed by atoms with Gasteiger partial charge in [0.15, 0.2) is 0 Å². The number of rotatable bonds is 5. The first-order chi connectivity index (χ1) is 8.70. The molecule has 1 N–H and O–H groups in total. The molecule has 96 valence electrons. The molecule has 0 fully saturated rings. The highest BCUT2D eigenvalue weighted by molar-refractivity contribution is 6.30. The van der Waals surface area contributed by atoms with E-state index in [4.69, 9.17) is 16.0 Å². The number of aromatic nitrogens is 1. The smallest absolute Gasteiger partial charge is 0.226 e. The Hall–Kier alpha value is -1.32. The lowest BCUT2D eigenvalue weighted by Gasteiger charge is -2.01. The molecule has 0 aliphatic rings. The van der Waals surface area contributed by atoms with Gasteiger partial charge >= 0.3 is 0 Å². The summed E-state index contributed by atoms with van der Waals surface area (Å²) in [6, 6.07) is 5.72. The van der Waals surface area contributed by atoms with Gasteiger partial charge in [-0.25, -0.2) is 4.98 Å².